The van der Waals surface area contributed by atoms with E-state index in [1.807, 2.05) is 6.07 Å². The molecule has 0 radical (unpaired) electrons. The second kappa shape index (κ2) is 5.85. The Labute approximate surface area is 111 Å². The molecule has 1 aliphatic heterocycles. The fourth-order valence-corrected chi connectivity index (χ4v) is 2.97. The van der Waals surface area contributed by atoms with Crippen LogP contribution in [0.1, 0.15) is 32.3 Å². The van der Waals surface area contributed by atoms with Crippen LogP contribution in [-0.4, -0.2) is 35.7 Å². The van der Waals surface area contributed by atoms with Crippen molar-refractivity contribution in [3.05, 3.63) is 35.9 Å². The monoisotopic (exact) mass is 247 g/mol. The standard InChI is InChI=1S/C16H25NO/c1-3-16(4-2)12-17(13-16)15(11-18)10-14-8-6-5-7-9-14/h5-9,15,18H,3-4,10-13H2,1-2H3/t15-/m1/s1. The van der Waals surface area contributed by atoms with Crippen molar-refractivity contribution in [1.82, 2.24) is 4.90 Å². The third kappa shape index (κ3) is 2.76. The van der Waals surface area contributed by atoms with E-state index in [1.54, 1.807) is 0 Å². The summed E-state index contributed by atoms with van der Waals surface area (Å²) < 4.78 is 0. The minimum Gasteiger partial charge on any atom is -0.395 e. The second-order valence-electron chi connectivity index (χ2n) is 5.64. The molecule has 1 aliphatic rings. The van der Waals surface area contributed by atoms with Gasteiger partial charge in [0, 0.05) is 19.1 Å². The Balaban J connectivity index is 1.92. The van der Waals surface area contributed by atoms with Crippen LogP contribution in [0.2, 0.25) is 0 Å². The largest absolute Gasteiger partial charge is 0.395 e. The van der Waals surface area contributed by atoms with Crippen LogP contribution in [0.5, 0.6) is 0 Å². The van der Waals surface area contributed by atoms with Crippen molar-refractivity contribution in [2.24, 2.45) is 5.41 Å². The normalized spacial score (nSPS) is 20.4. The number of rotatable bonds is 6. The van der Waals surface area contributed by atoms with Crippen LogP contribution in [-0.2, 0) is 6.42 Å². The molecule has 18 heavy (non-hydrogen) atoms. The lowest BCUT2D eigenvalue weighted by molar-refractivity contribution is -0.0504. The van der Waals surface area contributed by atoms with Gasteiger partial charge in [0.2, 0.25) is 0 Å². The smallest absolute Gasteiger partial charge is 0.0590 e. The van der Waals surface area contributed by atoms with E-state index in [2.05, 4.69) is 43.0 Å². The first kappa shape index (κ1) is 13.6. The van der Waals surface area contributed by atoms with Gasteiger partial charge in [-0.2, -0.15) is 0 Å². The first-order valence-electron chi connectivity index (χ1n) is 7.12. The third-order valence-electron chi connectivity index (χ3n) is 4.62. The highest BCUT2D eigenvalue weighted by atomic mass is 16.3. The van der Waals surface area contributed by atoms with Gasteiger partial charge in [-0.25, -0.2) is 0 Å². The molecule has 1 saturated heterocycles. The molecule has 0 spiro atoms. The summed E-state index contributed by atoms with van der Waals surface area (Å²) in [6.45, 7) is 7.13. The maximum atomic E-state index is 9.60. The fourth-order valence-electron chi connectivity index (χ4n) is 2.97. The van der Waals surface area contributed by atoms with Gasteiger partial charge in [-0.15, -0.1) is 0 Å². The van der Waals surface area contributed by atoms with Crippen LogP contribution in [0.3, 0.4) is 0 Å². The number of hydrogen-bond donors (Lipinski definition) is 1. The predicted octanol–water partition coefficient (Wildman–Crippen LogP) is 2.71. The molecule has 0 amide bonds. The molecule has 1 heterocycles. The number of aliphatic hydroxyl groups is 1. The molecule has 0 bridgehead atoms. The molecular weight excluding hydrogens is 222 g/mol. The van der Waals surface area contributed by atoms with Crippen molar-refractivity contribution in [1.29, 1.82) is 0 Å². The van der Waals surface area contributed by atoms with Crippen LogP contribution in [0.15, 0.2) is 30.3 Å². The number of likely N-dealkylation sites (tertiary alicyclic amines) is 1. The molecule has 0 aromatic heterocycles. The maximum Gasteiger partial charge on any atom is 0.0590 e. The van der Waals surface area contributed by atoms with Crippen LogP contribution in [0.25, 0.3) is 0 Å². The third-order valence-corrected chi connectivity index (χ3v) is 4.62. The Kier molecular flexibility index (Phi) is 4.41. The average Bonchev–Trinajstić information content (AvgIpc) is 2.38. The second-order valence-corrected chi connectivity index (χ2v) is 5.64. The summed E-state index contributed by atoms with van der Waals surface area (Å²) in [7, 11) is 0. The highest BCUT2D eigenvalue weighted by Crippen LogP contribution is 2.38. The SMILES string of the molecule is CCC1(CC)CN([C@@H](CO)Cc2ccccc2)C1. The number of nitrogens with zero attached hydrogens (tertiary/aromatic N) is 1. The summed E-state index contributed by atoms with van der Waals surface area (Å²) in [5.74, 6) is 0. The van der Waals surface area contributed by atoms with Crippen molar-refractivity contribution in [2.45, 2.75) is 39.2 Å². The van der Waals surface area contributed by atoms with E-state index in [9.17, 15) is 5.11 Å². The van der Waals surface area contributed by atoms with Crippen molar-refractivity contribution < 1.29 is 5.11 Å². The zero-order valence-corrected chi connectivity index (χ0v) is 11.6. The molecule has 0 aliphatic carbocycles. The van der Waals surface area contributed by atoms with Gasteiger partial charge >= 0.3 is 0 Å². The molecule has 0 saturated carbocycles. The Morgan fingerprint density at radius 1 is 1.17 bits per heavy atom. The van der Waals surface area contributed by atoms with Gasteiger partial charge in [-0.3, -0.25) is 4.90 Å². The topological polar surface area (TPSA) is 23.5 Å². The molecule has 2 nitrogen and oxygen atoms in total. The predicted molar refractivity (Wildman–Crippen MR) is 75.6 cm³/mol. The summed E-state index contributed by atoms with van der Waals surface area (Å²) in [4.78, 5) is 2.44. The average molecular weight is 247 g/mol. The van der Waals surface area contributed by atoms with Gasteiger partial charge in [0.1, 0.15) is 0 Å². The first-order valence-corrected chi connectivity index (χ1v) is 7.12. The maximum absolute atomic E-state index is 9.60. The highest BCUT2D eigenvalue weighted by Gasteiger charge is 2.42. The van der Waals surface area contributed by atoms with Crippen LogP contribution < -0.4 is 0 Å². The minimum absolute atomic E-state index is 0.262. The van der Waals surface area contributed by atoms with E-state index in [4.69, 9.17) is 0 Å². The van der Waals surface area contributed by atoms with Gasteiger partial charge in [-0.05, 0) is 30.2 Å². The van der Waals surface area contributed by atoms with E-state index >= 15 is 0 Å². The molecule has 100 valence electrons. The van der Waals surface area contributed by atoms with Gasteiger partial charge in [0.05, 0.1) is 6.61 Å². The molecule has 1 aromatic rings. The zero-order chi connectivity index (χ0) is 13.0. The molecule has 1 atom stereocenters. The van der Waals surface area contributed by atoms with Crippen molar-refractivity contribution in [3.63, 3.8) is 0 Å². The molecule has 1 N–H and O–H groups in total. The molecule has 2 heteroatoms. The zero-order valence-electron chi connectivity index (χ0n) is 11.6. The van der Waals surface area contributed by atoms with E-state index < -0.39 is 0 Å². The minimum atomic E-state index is 0.262. The molecule has 2 rings (SSSR count). The highest BCUT2D eigenvalue weighted by molar-refractivity contribution is 5.16. The van der Waals surface area contributed by atoms with Gasteiger partial charge in [0.15, 0.2) is 0 Å². The summed E-state index contributed by atoms with van der Waals surface area (Å²) in [5.41, 5.74) is 1.84. The lowest BCUT2D eigenvalue weighted by Crippen LogP contribution is -2.60. The van der Waals surface area contributed by atoms with Gasteiger partial charge < -0.3 is 5.11 Å². The fraction of sp³-hybridized carbons (Fsp3) is 0.625. The summed E-state index contributed by atoms with van der Waals surface area (Å²) >= 11 is 0. The summed E-state index contributed by atoms with van der Waals surface area (Å²) in [6, 6.07) is 10.8. The number of aliphatic hydroxyl groups excluding tert-OH is 1. The van der Waals surface area contributed by atoms with Gasteiger partial charge in [0.25, 0.3) is 0 Å². The molecular formula is C16H25NO. The first-order chi connectivity index (χ1) is 8.73. The van der Waals surface area contributed by atoms with Crippen LogP contribution >= 0.6 is 0 Å². The van der Waals surface area contributed by atoms with Crippen LogP contribution in [0.4, 0.5) is 0 Å². The van der Waals surface area contributed by atoms with E-state index in [1.165, 1.54) is 18.4 Å². The van der Waals surface area contributed by atoms with Crippen molar-refractivity contribution >= 4 is 0 Å². The van der Waals surface area contributed by atoms with E-state index in [0.29, 0.717) is 11.5 Å². The van der Waals surface area contributed by atoms with Gasteiger partial charge in [-0.1, -0.05) is 44.2 Å². The Bertz CT molecular complexity index is 351. The molecule has 1 aromatic carbocycles. The van der Waals surface area contributed by atoms with Crippen LogP contribution in [0, 0.1) is 5.41 Å². The summed E-state index contributed by atoms with van der Waals surface area (Å²) in [6.07, 6.45) is 3.47. The lowest BCUT2D eigenvalue weighted by atomic mass is 9.74. The quantitative estimate of drug-likeness (QED) is 0.835. The number of benzene rings is 1. The molecule has 1 fully saturated rings. The van der Waals surface area contributed by atoms with Crippen molar-refractivity contribution in [3.8, 4) is 0 Å². The molecule has 0 unspecified atom stereocenters. The van der Waals surface area contributed by atoms with E-state index in [-0.39, 0.29) is 6.61 Å². The van der Waals surface area contributed by atoms with E-state index in [0.717, 1.165) is 19.5 Å². The summed E-state index contributed by atoms with van der Waals surface area (Å²) in [5, 5.41) is 9.60. The van der Waals surface area contributed by atoms with Crippen molar-refractivity contribution in [2.75, 3.05) is 19.7 Å². The number of hydrogen-bond acceptors (Lipinski definition) is 2. The Hall–Kier alpha value is -0.860. The lowest BCUT2D eigenvalue weighted by Gasteiger charge is -2.53. The Morgan fingerprint density at radius 2 is 1.78 bits per heavy atom. The Morgan fingerprint density at radius 3 is 2.28 bits per heavy atom.